The van der Waals surface area contributed by atoms with Crippen LogP contribution in [0.2, 0.25) is 0 Å². The molecule has 0 spiro atoms. The summed E-state index contributed by atoms with van der Waals surface area (Å²) in [7, 11) is 0. The van der Waals surface area contributed by atoms with Crippen LogP contribution < -0.4 is 10.6 Å². The third-order valence-electron chi connectivity index (χ3n) is 3.75. The fourth-order valence-corrected chi connectivity index (χ4v) is 3.11. The van der Waals surface area contributed by atoms with Gasteiger partial charge < -0.3 is 15.7 Å². The number of carboxylic acid groups (broad SMARTS) is 1. The molecule has 6 nitrogen and oxygen atoms in total. The van der Waals surface area contributed by atoms with E-state index in [2.05, 4.69) is 21.5 Å². The van der Waals surface area contributed by atoms with Crippen LogP contribution in [0, 0.1) is 18.3 Å². The number of benzene rings is 1. The highest BCUT2D eigenvalue weighted by Gasteiger charge is 2.38. The lowest BCUT2D eigenvalue weighted by Gasteiger charge is -2.06. The smallest absolute Gasteiger partial charge is 0.475 e. The van der Waals surface area contributed by atoms with Gasteiger partial charge in [0.2, 0.25) is 5.91 Å². The normalized spacial score (nSPS) is 15.9. The number of terminal acetylenes is 1. The summed E-state index contributed by atoms with van der Waals surface area (Å²) in [4.78, 5) is 26.2. The molecule has 0 saturated carbocycles. The maximum atomic E-state index is 12.0. The first-order valence-corrected chi connectivity index (χ1v) is 8.87. The van der Waals surface area contributed by atoms with Gasteiger partial charge in [-0.25, -0.2) is 9.78 Å². The molecule has 1 saturated heterocycles. The molecule has 2 heterocycles. The monoisotopic (exact) mass is 411 g/mol. The van der Waals surface area contributed by atoms with Crippen molar-refractivity contribution in [3.8, 4) is 22.8 Å². The van der Waals surface area contributed by atoms with Crippen LogP contribution in [-0.4, -0.2) is 41.2 Å². The SMILES string of the molecule is C#Cc1ccc(-c2cnc(NC(=O)[C@H]3CCNC3)s2)cc1.O=C(O)C(F)(F)F. The second kappa shape index (κ2) is 9.34. The summed E-state index contributed by atoms with van der Waals surface area (Å²) < 4.78 is 31.7. The van der Waals surface area contributed by atoms with Crippen molar-refractivity contribution in [2.45, 2.75) is 12.6 Å². The Balaban J connectivity index is 0.000000345. The molecule has 3 rings (SSSR count). The zero-order valence-electron chi connectivity index (χ0n) is 14.4. The number of alkyl halides is 3. The Kier molecular flexibility index (Phi) is 7.14. The second-order valence-corrected chi connectivity index (χ2v) is 6.76. The average molecular weight is 411 g/mol. The van der Waals surface area contributed by atoms with Crippen LogP contribution >= 0.6 is 11.3 Å². The van der Waals surface area contributed by atoms with Crippen LogP contribution in [0.15, 0.2) is 30.5 Å². The molecule has 1 aromatic carbocycles. The Morgan fingerprint density at radius 3 is 2.46 bits per heavy atom. The summed E-state index contributed by atoms with van der Waals surface area (Å²) in [5, 5.41) is 13.8. The van der Waals surface area contributed by atoms with Crippen molar-refractivity contribution in [3.63, 3.8) is 0 Å². The zero-order chi connectivity index (χ0) is 20.7. The summed E-state index contributed by atoms with van der Waals surface area (Å²) in [6, 6.07) is 7.74. The number of aromatic nitrogens is 1. The standard InChI is InChI=1S/C16H15N3OS.C2HF3O2/c1-2-11-3-5-12(6-4-11)14-10-18-16(21-14)19-15(20)13-7-8-17-9-13;3-2(4,5)1(6)7/h1,3-6,10,13,17H,7-9H2,(H,18,19,20);(H,6,7)/t13-;/m0./s1. The minimum Gasteiger partial charge on any atom is -0.475 e. The van der Waals surface area contributed by atoms with Gasteiger partial charge in [-0.15, -0.1) is 6.42 Å². The van der Waals surface area contributed by atoms with E-state index in [9.17, 15) is 18.0 Å². The molecular weight excluding hydrogens is 395 g/mol. The molecule has 1 amide bonds. The summed E-state index contributed by atoms with van der Waals surface area (Å²) in [5.74, 6) is -0.0705. The van der Waals surface area contributed by atoms with Gasteiger partial charge in [0.25, 0.3) is 0 Å². The van der Waals surface area contributed by atoms with Crippen LogP contribution in [0.3, 0.4) is 0 Å². The number of amides is 1. The Bertz CT molecular complexity index is 867. The van der Waals surface area contributed by atoms with Crippen LogP contribution in [-0.2, 0) is 9.59 Å². The van der Waals surface area contributed by atoms with E-state index in [-0.39, 0.29) is 11.8 Å². The van der Waals surface area contributed by atoms with E-state index in [4.69, 9.17) is 16.3 Å². The number of carbonyl (C=O) groups excluding carboxylic acids is 1. The lowest BCUT2D eigenvalue weighted by molar-refractivity contribution is -0.192. The van der Waals surface area contributed by atoms with E-state index in [1.807, 2.05) is 24.3 Å². The fraction of sp³-hybridized carbons (Fsp3) is 0.278. The van der Waals surface area contributed by atoms with Crippen molar-refractivity contribution in [2.75, 3.05) is 18.4 Å². The largest absolute Gasteiger partial charge is 0.490 e. The van der Waals surface area contributed by atoms with E-state index in [1.165, 1.54) is 11.3 Å². The van der Waals surface area contributed by atoms with Crippen molar-refractivity contribution in [1.82, 2.24) is 10.3 Å². The third kappa shape index (κ3) is 6.07. The minimum absolute atomic E-state index is 0.0450. The van der Waals surface area contributed by atoms with E-state index in [0.29, 0.717) is 5.13 Å². The number of hydrogen-bond donors (Lipinski definition) is 3. The molecule has 1 fully saturated rings. The number of carboxylic acids is 1. The first-order valence-electron chi connectivity index (χ1n) is 8.05. The predicted molar refractivity (Wildman–Crippen MR) is 98.8 cm³/mol. The molecule has 3 N–H and O–H groups in total. The number of halogens is 3. The first-order chi connectivity index (χ1) is 13.2. The van der Waals surface area contributed by atoms with Crippen LogP contribution in [0.25, 0.3) is 10.4 Å². The molecule has 1 aliphatic rings. The van der Waals surface area contributed by atoms with Crippen molar-refractivity contribution in [3.05, 3.63) is 36.0 Å². The van der Waals surface area contributed by atoms with Crippen LogP contribution in [0.5, 0.6) is 0 Å². The highest BCUT2D eigenvalue weighted by atomic mass is 32.1. The van der Waals surface area contributed by atoms with E-state index in [0.717, 1.165) is 35.5 Å². The van der Waals surface area contributed by atoms with Crippen molar-refractivity contribution >= 4 is 28.3 Å². The second-order valence-electron chi connectivity index (χ2n) is 5.73. The first kappa shape index (κ1) is 21.4. The van der Waals surface area contributed by atoms with Crippen molar-refractivity contribution in [1.29, 1.82) is 0 Å². The van der Waals surface area contributed by atoms with E-state index < -0.39 is 12.1 Å². The van der Waals surface area contributed by atoms with Crippen molar-refractivity contribution < 1.29 is 27.9 Å². The molecule has 28 heavy (non-hydrogen) atoms. The number of anilines is 1. The van der Waals surface area contributed by atoms with Gasteiger partial charge in [0, 0.05) is 18.3 Å². The minimum atomic E-state index is -5.08. The molecule has 0 radical (unpaired) electrons. The molecule has 2 aromatic rings. The molecule has 10 heteroatoms. The lowest BCUT2D eigenvalue weighted by Crippen LogP contribution is -2.24. The van der Waals surface area contributed by atoms with Gasteiger partial charge in [-0.2, -0.15) is 13.2 Å². The van der Waals surface area contributed by atoms with E-state index >= 15 is 0 Å². The lowest BCUT2D eigenvalue weighted by atomic mass is 10.1. The number of thiazole rings is 1. The van der Waals surface area contributed by atoms with Crippen molar-refractivity contribution in [2.24, 2.45) is 5.92 Å². The number of rotatable bonds is 3. The molecule has 148 valence electrons. The Hall–Kier alpha value is -2.90. The van der Waals surface area contributed by atoms with Gasteiger partial charge in [0.15, 0.2) is 5.13 Å². The van der Waals surface area contributed by atoms with Crippen LogP contribution in [0.4, 0.5) is 18.3 Å². The quantitative estimate of drug-likeness (QED) is 0.676. The number of hydrogen-bond acceptors (Lipinski definition) is 5. The molecule has 0 aliphatic carbocycles. The Labute approximate surface area is 162 Å². The molecule has 1 atom stereocenters. The van der Waals surface area contributed by atoms with E-state index in [1.54, 1.807) is 6.20 Å². The predicted octanol–water partition coefficient (Wildman–Crippen LogP) is 2.97. The number of carbonyl (C=O) groups is 2. The summed E-state index contributed by atoms with van der Waals surface area (Å²) >= 11 is 1.47. The van der Waals surface area contributed by atoms with Gasteiger partial charge >= 0.3 is 12.1 Å². The van der Waals surface area contributed by atoms with Gasteiger partial charge in [-0.1, -0.05) is 29.4 Å². The van der Waals surface area contributed by atoms with Gasteiger partial charge in [0.1, 0.15) is 0 Å². The molecule has 0 bridgehead atoms. The molecule has 0 unspecified atom stereocenters. The van der Waals surface area contributed by atoms with Gasteiger partial charge in [0.05, 0.1) is 10.8 Å². The maximum Gasteiger partial charge on any atom is 0.490 e. The Morgan fingerprint density at radius 1 is 1.32 bits per heavy atom. The van der Waals surface area contributed by atoms with Gasteiger partial charge in [-0.3, -0.25) is 4.79 Å². The number of nitrogens with one attached hydrogen (secondary N) is 2. The highest BCUT2D eigenvalue weighted by molar-refractivity contribution is 7.19. The number of aliphatic carboxylic acids is 1. The van der Waals surface area contributed by atoms with Crippen LogP contribution in [0.1, 0.15) is 12.0 Å². The highest BCUT2D eigenvalue weighted by Crippen LogP contribution is 2.29. The molecular formula is C18H16F3N3O3S. The summed E-state index contributed by atoms with van der Waals surface area (Å²) in [6.07, 6.45) is 2.92. The maximum absolute atomic E-state index is 12.0. The average Bonchev–Trinajstić information content (AvgIpc) is 3.33. The van der Waals surface area contributed by atoms with Gasteiger partial charge in [-0.05, 0) is 30.7 Å². The topological polar surface area (TPSA) is 91.3 Å². The molecule has 1 aliphatic heterocycles. The third-order valence-corrected chi connectivity index (χ3v) is 4.71. The molecule has 1 aromatic heterocycles. The fourth-order valence-electron chi connectivity index (χ4n) is 2.28. The summed E-state index contributed by atoms with van der Waals surface area (Å²) in [6.45, 7) is 1.65. The summed E-state index contributed by atoms with van der Waals surface area (Å²) in [5.41, 5.74) is 1.90. The zero-order valence-corrected chi connectivity index (χ0v) is 15.2. The number of nitrogens with zero attached hydrogens (tertiary/aromatic N) is 1. The Morgan fingerprint density at radius 2 is 1.96 bits per heavy atom.